The van der Waals surface area contributed by atoms with Crippen molar-refractivity contribution >= 4 is 6.03 Å². The van der Waals surface area contributed by atoms with Crippen LogP contribution in [0.5, 0.6) is 0 Å². The van der Waals surface area contributed by atoms with Gasteiger partial charge < -0.3 is 10.2 Å². The predicted octanol–water partition coefficient (Wildman–Crippen LogP) is 3.39. The van der Waals surface area contributed by atoms with E-state index in [0.717, 1.165) is 42.6 Å². The van der Waals surface area contributed by atoms with Crippen LogP contribution in [0.25, 0.3) is 0 Å². The number of H-pyrrole nitrogens is 1. The predicted molar refractivity (Wildman–Crippen MR) is 92.4 cm³/mol. The summed E-state index contributed by atoms with van der Waals surface area (Å²) in [5, 5.41) is 10.1. The minimum Gasteiger partial charge on any atom is -0.332 e. The van der Waals surface area contributed by atoms with Crippen LogP contribution in [0.2, 0.25) is 0 Å². The molecule has 3 rings (SSSR count). The first-order valence-electron chi connectivity index (χ1n) is 8.73. The number of rotatable bonds is 3. The molecule has 1 fully saturated rings. The lowest BCUT2D eigenvalue weighted by atomic mass is 9.99. The molecule has 2 aromatic rings. The smallest absolute Gasteiger partial charge is 0.318 e. The van der Waals surface area contributed by atoms with Gasteiger partial charge in [0.25, 0.3) is 0 Å². The van der Waals surface area contributed by atoms with Crippen molar-refractivity contribution < 1.29 is 9.18 Å². The number of aryl methyl sites for hydroxylation is 2. The summed E-state index contributed by atoms with van der Waals surface area (Å²) in [6.45, 7) is 4.71. The van der Waals surface area contributed by atoms with Gasteiger partial charge in [0, 0.05) is 24.0 Å². The first kappa shape index (κ1) is 17.4. The number of hydrogen-bond donors (Lipinski definition) is 2. The first-order chi connectivity index (χ1) is 12.1. The molecule has 2 N–H and O–H groups in total. The summed E-state index contributed by atoms with van der Waals surface area (Å²) in [5.74, 6) is -0.406. The summed E-state index contributed by atoms with van der Waals surface area (Å²) < 4.78 is 13.7. The van der Waals surface area contributed by atoms with E-state index in [1.807, 2.05) is 18.7 Å². The summed E-state index contributed by atoms with van der Waals surface area (Å²) in [6, 6.07) is 2.70. The average molecular weight is 345 g/mol. The van der Waals surface area contributed by atoms with Gasteiger partial charge in [0.1, 0.15) is 5.82 Å². The van der Waals surface area contributed by atoms with E-state index in [2.05, 4.69) is 20.5 Å². The normalized spacial score (nSPS) is 18.0. The van der Waals surface area contributed by atoms with Crippen LogP contribution in [0.4, 0.5) is 9.18 Å². The minimum atomic E-state index is -0.406. The van der Waals surface area contributed by atoms with E-state index in [1.54, 1.807) is 0 Å². The van der Waals surface area contributed by atoms with E-state index in [1.165, 1.54) is 18.3 Å². The molecule has 0 radical (unpaired) electrons. The number of carbonyl (C=O) groups is 1. The average Bonchev–Trinajstić information content (AvgIpc) is 2.80. The zero-order valence-corrected chi connectivity index (χ0v) is 14.7. The van der Waals surface area contributed by atoms with E-state index in [0.29, 0.717) is 6.54 Å². The number of pyridine rings is 1. The van der Waals surface area contributed by atoms with Crippen molar-refractivity contribution in [3.05, 3.63) is 46.8 Å². The van der Waals surface area contributed by atoms with Crippen LogP contribution in [0.3, 0.4) is 0 Å². The van der Waals surface area contributed by atoms with Gasteiger partial charge in [-0.3, -0.25) is 10.1 Å². The van der Waals surface area contributed by atoms with Crippen molar-refractivity contribution in [3.8, 4) is 0 Å². The number of hydrogen-bond acceptors (Lipinski definition) is 3. The van der Waals surface area contributed by atoms with Crippen molar-refractivity contribution in [2.45, 2.75) is 52.1 Å². The summed E-state index contributed by atoms with van der Waals surface area (Å²) in [6.07, 6.45) is 5.58. The highest BCUT2D eigenvalue weighted by atomic mass is 19.1. The third-order valence-corrected chi connectivity index (χ3v) is 4.77. The number of aromatic amines is 1. The highest BCUT2D eigenvalue weighted by molar-refractivity contribution is 5.75. The van der Waals surface area contributed by atoms with Gasteiger partial charge in [-0.1, -0.05) is 12.8 Å². The van der Waals surface area contributed by atoms with Crippen LogP contribution in [-0.2, 0) is 6.54 Å². The Morgan fingerprint density at radius 3 is 2.96 bits per heavy atom. The third kappa shape index (κ3) is 3.81. The summed E-state index contributed by atoms with van der Waals surface area (Å²) in [7, 11) is 0. The fourth-order valence-corrected chi connectivity index (χ4v) is 3.51. The Labute approximate surface area is 146 Å². The Balaban J connectivity index is 1.77. The topological polar surface area (TPSA) is 73.9 Å². The molecule has 1 aliphatic heterocycles. The summed E-state index contributed by atoms with van der Waals surface area (Å²) in [5.41, 5.74) is 3.27. The van der Waals surface area contributed by atoms with E-state index >= 15 is 0 Å². The number of nitrogens with one attached hydrogen (secondary N) is 2. The number of amides is 2. The third-order valence-electron chi connectivity index (χ3n) is 4.77. The zero-order valence-electron chi connectivity index (χ0n) is 14.7. The van der Waals surface area contributed by atoms with Crippen molar-refractivity contribution in [2.24, 2.45) is 0 Å². The van der Waals surface area contributed by atoms with Gasteiger partial charge in [0.05, 0.1) is 24.0 Å². The van der Waals surface area contributed by atoms with Gasteiger partial charge >= 0.3 is 6.03 Å². The monoisotopic (exact) mass is 345 g/mol. The number of nitrogens with zero attached hydrogens (tertiary/aromatic N) is 3. The zero-order chi connectivity index (χ0) is 17.8. The van der Waals surface area contributed by atoms with Crippen molar-refractivity contribution in [2.75, 3.05) is 6.54 Å². The Morgan fingerprint density at radius 1 is 1.40 bits per heavy atom. The molecule has 0 saturated carbocycles. The summed E-state index contributed by atoms with van der Waals surface area (Å²) in [4.78, 5) is 18.6. The fourth-order valence-electron chi connectivity index (χ4n) is 3.51. The summed E-state index contributed by atoms with van der Waals surface area (Å²) >= 11 is 0. The molecule has 0 aliphatic carbocycles. The molecule has 0 unspecified atom stereocenters. The molecule has 2 amide bonds. The number of likely N-dealkylation sites (tertiary alicyclic amines) is 1. The molecular formula is C18H24FN5O. The van der Waals surface area contributed by atoms with Crippen LogP contribution >= 0.6 is 0 Å². The van der Waals surface area contributed by atoms with Gasteiger partial charge in [0.15, 0.2) is 0 Å². The first-order valence-corrected chi connectivity index (χ1v) is 8.73. The maximum absolute atomic E-state index is 13.7. The Hall–Kier alpha value is -2.44. The molecule has 1 atom stereocenters. The van der Waals surface area contributed by atoms with Crippen molar-refractivity contribution in [1.29, 1.82) is 0 Å². The van der Waals surface area contributed by atoms with Gasteiger partial charge in [-0.15, -0.1) is 0 Å². The van der Waals surface area contributed by atoms with Crippen molar-refractivity contribution in [1.82, 2.24) is 25.4 Å². The standard InChI is InChI=1S/C18H24FN5O/c1-12-17(13(2)23-22-12)16-8-4-3-5-10-24(16)18(25)21-11-15-14(19)7-6-9-20-15/h6-7,9,16H,3-5,8,10-11H2,1-2H3,(H,21,25)(H,22,23)/t16-/m1/s1. The number of urea groups is 1. The quantitative estimate of drug-likeness (QED) is 0.895. The van der Waals surface area contributed by atoms with Gasteiger partial charge in [-0.2, -0.15) is 5.10 Å². The number of aromatic nitrogens is 3. The highest BCUT2D eigenvalue weighted by Gasteiger charge is 2.30. The van der Waals surface area contributed by atoms with Crippen molar-refractivity contribution in [3.63, 3.8) is 0 Å². The second kappa shape index (κ2) is 7.63. The second-order valence-electron chi connectivity index (χ2n) is 6.50. The maximum Gasteiger partial charge on any atom is 0.318 e. The Bertz CT molecular complexity index is 725. The van der Waals surface area contributed by atoms with E-state index in [4.69, 9.17) is 0 Å². The Morgan fingerprint density at radius 2 is 2.24 bits per heavy atom. The maximum atomic E-state index is 13.7. The SMILES string of the molecule is Cc1n[nH]c(C)c1[C@H]1CCCCCN1C(=O)NCc1ncccc1F. The van der Waals surface area contributed by atoms with Crippen LogP contribution in [0.15, 0.2) is 18.3 Å². The van der Waals surface area contributed by atoms with Crippen LogP contribution in [0, 0.1) is 19.7 Å². The fraction of sp³-hybridized carbons (Fsp3) is 0.500. The molecule has 0 spiro atoms. The Kier molecular flexibility index (Phi) is 5.31. The minimum absolute atomic E-state index is 0.00479. The largest absolute Gasteiger partial charge is 0.332 e. The molecule has 3 heterocycles. The van der Waals surface area contributed by atoms with E-state index in [9.17, 15) is 9.18 Å². The molecular weight excluding hydrogens is 321 g/mol. The second-order valence-corrected chi connectivity index (χ2v) is 6.50. The number of halogens is 1. The molecule has 134 valence electrons. The molecule has 1 aliphatic rings. The van der Waals surface area contributed by atoms with Crippen LogP contribution < -0.4 is 5.32 Å². The van der Waals surface area contributed by atoms with E-state index < -0.39 is 5.82 Å². The molecule has 6 nitrogen and oxygen atoms in total. The lowest BCUT2D eigenvalue weighted by Crippen LogP contribution is -2.42. The molecule has 1 saturated heterocycles. The van der Waals surface area contributed by atoms with Gasteiger partial charge in [-0.25, -0.2) is 9.18 Å². The molecule has 0 bridgehead atoms. The molecule has 7 heteroatoms. The lowest BCUT2D eigenvalue weighted by Gasteiger charge is -2.30. The lowest BCUT2D eigenvalue weighted by molar-refractivity contribution is 0.174. The van der Waals surface area contributed by atoms with E-state index in [-0.39, 0.29) is 24.3 Å². The van der Waals surface area contributed by atoms with Gasteiger partial charge in [-0.05, 0) is 38.8 Å². The highest BCUT2D eigenvalue weighted by Crippen LogP contribution is 2.33. The molecule has 25 heavy (non-hydrogen) atoms. The molecule has 2 aromatic heterocycles. The van der Waals surface area contributed by atoms with Gasteiger partial charge in [0.2, 0.25) is 0 Å². The van der Waals surface area contributed by atoms with Crippen LogP contribution in [0.1, 0.15) is 54.4 Å². The van der Waals surface area contributed by atoms with Crippen LogP contribution in [-0.4, -0.2) is 32.7 Å². The number of carbonyl (C=O) groups excluding carboxylic acids is 1. The molecule has 0 aromatic carbocycles.